The summed E-state index contributed by atoms with van der Waals surface area (Å²) in [5.41, 5.74) is 1.12. The smallest absolute Gasteiger partial charge is 0.256 e. The van der Waals surface area contributed by atoms with Crippen molar-refractivity contribution >= 4 is 0 Å². The highest BCUT2D eigenvalue weighted by Gasteiger charge is 2.14. The summed E-state index contributed by atoms with van der Waals surface area (Å²) in [5.74, 6) is 0.431. The molecular weight excluding hydrogens is 249 g/mol. The van der Waals surface area contributed by atoms with Gasteiger partial charge in [-0.05, 0) is 23.8 Å². The molecule has 0 aliphatic rings. The highest BCUT2D eigenvalue weighted by Crippen LogP contribution is 2.29. The maximum absolute atomic E-state index is 12.8. The molecule has 0 radical (unpaired) electrons. The van der Waals surface area contributed by atoms with Crippen LogP contribution in [-0.2, 0) is 0 Å². The van der Waals surface area contributed by atoms with Gasteiger partial charge >= 0.3 is 0 Å². The molecule has 1 heterocycles. The van der Waals surface area contributed by atoms with Gasteiger partial charge in [0.15, 0.2) is 5.75 Å². The Morgan fingerprint density at radius 3 is 2.37 bits per heavy atom. The molecule has 0 aliphatic carbocycles. The van der Waals surface area contributed by atoms with Crippen molar-refractivity contribution in [3.8, 4) is 11.6 Å². The number of methoxy groups -OCH3 is 2. The predicted octanol–water partition coefficient (Wildman–Crippen LogP) is 2.32. The van der Waals surface area contributed by atoms with Gasteiger partial charge in [-0.25, -0.2) is 9.37 Å². The molecule has 0 saturated heterocycles. The minimum atomic E-state index is -0.895. The summed E-state index contributed by atoms with van der Waals surface area (Å²) in [6.45, 7) is 0. The normalized spacial score (nSPS) is 12.0. The van der Waals surface area contributed by atoms with Crippen molar-refractivity contribution in [1.29, 1.82) is 0 Å². The molecule has 2 rings (SSSR count). The summed E-state index contributed by atoms with van der Waals surface area (Å²) in [4.78, 5) is 4.05. The van der Waals surface area contributed by atoms with E-state index in [1.165, 1.54) is 44.7 Å². The molecule has 2 aromatic rings. The Bertz CT molecular complexity index is 557. The number of aromatic nitrogens is 1. The van der Waals surface area contributed by atoms with Crippen molar-refractivity contribution in [3.63, 3.8) is 0 Å². The van der Waals surface area contributed by atoms with Crippen LogP contribution in [0.1, 0.15) is 17.2 Å². The molecule has 1 atom stereocenters. The number of hydrogen-bond donors (Lipinski definition) is 1. The number of aliphatic hydroxyl groups is 1. The Hall–Kier alpha value is -2.14. The van der Waals surface area contributed by atoms with Crippen LogP contribution in [0.2, 0.25) is 0 Å². The molecule has 1 unspecified atom stereocenters. The van der Waals surface area contributed by atoms with E-state index in [0.29, 0.717) is 22.8 Å². The molecule has 4 nitrogen and oxygen atoms in total. The minimum Gasteiger partial charge on any atom is -0.491 e. The summed E-state index contributed by atoms with van der Waals surface area (Å²) in [5, 5.41) is 10.2. The van der Waals surface area contributed by atoms with Crippen LogP contribution in [0.25, 0.3) is 0 Å². The maximum Gasteiger partial charge on any atom is 0.256 e. The Balaban J connectivity index is 2.33. The number of ether oxygens (including phenoxy) is 2. The third kappa shape index (κ3) is 2.82. The second-order valence-corrected chi connectivity index (χ2v) is 3.93. The lowest BCUT2D eigenvalue weighted by Crippen LogP contribution is -2.02. The Kier molecular flexibility index (Phi) is 3.97. The first-order chi connectivity index (χ1) is 9.15. The standard InChI is InChI=1S/C14H14FNO3/c1-18-12-7-10(8-16-14(12)19-2)13(17)9-3-5-11(15)6-4-9/h3-8,13,17H,1-2H3. The Morgan fingerprint density at radius 1 is 1.11 bits per heavy atom. The number of rotatable bonds is 4. The lowest BCUT2D eigenvalue weighted by molar-refractivity contribution is 0.218. The van der Waals surface area contributed by atoms with E-state index in [4.69, 9.17) is 9.47 Å². The molecule has 5 heteroatoms. The molecule has 1 N–H and O–H groups in total. The zero-order valence-electron chi connectivity index (χ0n) is 10.6. The number of benzene rings is 1. The van der Waals surface area contributed by atoms with E-state index in [9.17, 15) is 9.50 Å². The first kappa shape index (κ1) is 13.3. The van der Waals surface area contributed by atoms with Gasteiger partial charge in [-0.2, -0.15) is 0 Å². The van der Waals surface area contributed by atoms with E-state index in [1.54, 1.807) is 6.07 Å². The van der Waals surface area contributed by atoms with Crippen LogP contribution in [0.3, 0.4) is 0 Å². The molecular formula is C14H14FNO3. The van der Waals surface area contributed by atoms with E-state index < -0.39 is 6.10 Å². The van der Waals surface area contributed by atoms with E-state index >= 15 is 0 Å². The molecule has 0 amide bonds. The van der Waals surface area contributed by atoms with Gasteiger partial charge < -0.3 is 14.6 Å². The monoisotopic (exact) mass is 263 g/mol. The largest absolute Gasteiger partial charge is 0.491 e. The summed E-state index contributed by atoms with van der Waals surface area (Å²) >= 11 is 0. The van der Waals surface area contributed by atoms with Gasteiger partial charge in [0.05, 0.1) is 14.2 Å². The third-order valence-electron chi connectivity index (χ3n) is 2.75. The van der Waals surface area contributed by atoms with Crippen LogP contribution < -0.4 is 9.47 Å². The highest BCUT2D eigenvalue weighted by molar-refractivity contribution is 5.39. The SMILES string of the molecule is COc1cc(C(O)c2ccc(F)cc2)cnc1OC. The summed E-state index contributed by atoms with van der Waals surface area (Å²) in [7, 11) is 2.98. The van der Waals surface area contributed by atoms with Crippen LogP contribution >= 0.6 is 0 Å². The molecule has 19 heavy (non-hydrogen) atoms. The average Bonchev–Trinajstić information content (AvgIpc) is 2.46. The summed E-state index contributed by atoms with van der Waals surface area (Å²) in [6.07, 6.45) is 0.600. The summed E-state index contributed by atoms with van der Waals surface area (Å²) < 4.78 is 23.0. The van der Waals surface area contributed by atoms with Crippen molar-refractivity contribution < 1.29 is 19.0 Å². The number of halogens is 1. The van der Waals surface area contributed by atoms with Crippen molar-refractivity contribution in [3.05, 3.63) is 53.5 Å². The van der Waals surface area contributed by atoms with Gasteiger partial charge in [0, 0.05) is 11.8 Å². The van der Waals surface area contributed by atoms with E-state index in [1.807, 2.05) is 0 Å². The molecule has 0 saturated carbocycles. The van der Waals surface area contributed by atoms with Crippen molar-refractivity contribution in [1.82, 2.24) is 4.98 Å². The summed E-state index contributed by atoms with van der Waals surface area (Å²) in [6, 6.07) is 7.28. The van der Waals surface area contributed by atoms with Crippen molar-refractivity contribution in [2.45, 2.75) is 6.10 Å². The van der Waals surface area contributed by atoms with Crippen molar-refractivity contribution in [2.24, 2.45) is 0 Å². The molecule has 0 bridgehead atoms. The lowest BCUT2D eigenvalue weighted by Gasteiger charge is -2.13. The molecule has 0 fully saturated rings. The average molecular weight is 263 g/mol. The number of aliphatic hydroxyl groups excluding tert-OH is 1. The molecule has 1 aromatic heterocycles. The van der Waals surface area contributed by atoms with Gasteiger partial charge in [0.2, 0.25) is 0 Å². The minimum absolute atomic E-state index is 0.345. The van der Waals surface area contributed by atoms with Crippen LogP contribution in [0.4, 0.5) is 4.39 Å². The fraction of sp³-hybridized carbons (Fsp3) is 0.214. The first-order valence-corrected chi connectivity index (χ1v) is 5.67. The van der Waals surface area contributed by atoms with Gasteiger partial charge in [-0.1, -0.05) is 12.1 Å². The van der Waals surface area contributed by atoms with Crippen molar-refractivity contribution in [2.75, 3.05) is 14.2 Å². The fourth-order valence-corrected chi connectivity index (χ4v) is 1.73. The molecule has 1 aromatic carbocycles. The first-order valence-electron chi connectivity index (χ1n) is 5.67. The van der Waals surface area contributed by atoms with Gasteiger partial charge in [0.25, 0.3) is 5.88 Å². The number of nitrogens with zero attached hydrogens (tertiary/aromatic N) is 1. The van der Waals surface area contributed by atoms with Gasteiger partial charge in [0.1, 0.15) is 11.9 Å². The second-order valence-electron chi connectivity index (χ2n) is 3.93. The zero-order chi connectivity index (χ0) is 13.8. The second kappa shape index (κ2) is 5.67. The lowest BCUT2D eigenvalue weighted by atomic mass is 10.0. The maximum atomic E-state index is 12.8. The quantitative estimate of drug-likeness (QED) is 0.919. The Labute approximate surface area is 110 Å². The number of hydrogen-bond acceptors (Lipinski definition) is 4. The van der Waals surface area contributed by atoms with Gasteiger partial charge in [-0.15, -0.1) is 0 Å². The number of pyridine rings is 1. The van der Waals surface area contributed by atoms with E-state index in [-0.39, 0.29) is 5.82 Å². The van der Waals surface area contributed by atoms with Crippen LogP contribution in [0.15, 0.2) is 36.5 Å². The molecule has 0 spiro atoms. The van der Waals surface area contributed by atoms with Crippen LogP contribution in [0, 0.1) is 5.82 Å². The van der Waals surface area contributed by atoms with Gasteiger partial charge in [-0.3, -0.25) is 0 Å². The van der Waals surface area contributed by atoms with E-state index in [0.717, 1.165) is 0 Å². The zero-order valence-corrected chi connectivity index (χ0v) is 10.6. The van der Waals surface area contributed by atoms with E-state index in [2.05, 4.69) is 4.98 Å². The topological polar surface area (TPSA) is 51.6 Å². The molecule has 0 aliphatic heterocycles. The highest BCUT2D eigenvalue weighted by atomic mass is 19.1. The Morgan fingerprint density at radius 2 is 1.79 bits per heavy atom. The third-order valence-corrected chi connectivity index (χ3v) is 2.75. The molecule has 100 valence electrons. The van der Waals surface area contributed by atoms with Crippen LogP contribution in [0.5, 0.6) is 11.6 Å². The van der Waals surface area contributed by atoms with Crippen LogP contribution in [-0.4, -0.2) is 24.3 Å². The fourth-order valence-electron chi connectivity index (χ4n) is 1.73. The predicted molar refractivity (Wildman–Crippen MR) is 67.8 cm³/mol.